The maximum absolute atomic E-state index is 11.0. The molecule has 0 spiro atoms. The third-order valence-corrected chi connectivity index (χ3v) is 2.74. The number of rotatable bonds is 3. The molecule has 0 radical (unpaired) electrons. The molecule has 3 unspecified atom stereocenters. The quantitative estimate of drug-likeness (QED) is 0.524. The highest BCUT2D eigenvalue weighted by Crippen LogP contribution is 2.42. The molecule has 0 amide bonds. The zero-order chi connectivity index (χ0) is 11.1. The van der Waals surface area contributed by atoms with Gasteiger partial charge in [0.25, 0.3) is 0 Å². The Morgan fingerprint density at radius 3 is 2.67 bits per heavy atom. The highest BCUT2D eigenvalue weighted by molar-refractivity contribution is 5.63. The number of hydrogen-bond acceptors (Lipinski definition) is 4. The van der Waals surface area contributed by atoms with E-state index in [2.05, 4.69) is 6.58 Å². The molecule has 0 bridgehead atoms. The molecule has 0 aromatic heterocycles. The summed E-state index contributed by atoms with van der Waals surface area (Å²) in [5.74, 6) is -0.613. The van der Waals surface area contributed by atoms with E-state index in [4.69, 9.17) is 14.2 Å². The molecule has 0 aromatic carbocycles. The van der Waals surface area contributed by atoms with Crippen LogP contribution in [0.25, 0.3) is 0 Å². The maximum Gasteiger partial charge on any atom is 0.188 e. The predicted octanol–water partition coefficient (Wildman–Crippen LogP) is 1.40. The van der Waals surface area contributed by atoms with Crippen molar-refractivity contribution in [3.63, 3.8) is 0 Å². The molecule has 0 aromatic rings. The van der Waals surface area contributed by atoms with Gasteiger partial charge in [0.1, 0.15) is 11.7 Å². The Balaban J connectivity index is 2.09. The number of carbonyl (C=O) groups is 1. The molecule has 0 N–H and O–H groups in total. The van der Waals surface area contributed by atoms with Crippen LogP contribution in [0.4, 0.5) is 0 Å². The van der Waals surface area contributed by atoms with Gasteiger partial charge in [0.15, 0.2) is 18.4 Å². The van der Waals surface area contributed by atoms with Crippen LogP contribution >= 0.6 is 0 Å². The Morgan fingerprint density at radius 2 is 2.13 bits per heavy atom. The Bertz CT molecular complexity index is 268. The van der Waals surface area contributed by atoms with Crippen LogP contribution < -0.4 is 0 Å². The van der Waals surface area contributed by atoms with Gasteiger partial charge in [0, 0.05) is 12.8 Å². The second-order valence-corrected chi connectivity index (χ2v) is 4.54. The van der Waals surface area contributed by atoms with Gasteiger partial charge in [-0.05, 0) is 13.8 Å². The third-order valence-electron chi connectivity index (χ3n) is 2.74. The molecule has 2 aliphatic rings. The van der Waals surface area contributed by atoms with Gasteiger partial charge in [0.2, 0.25) is 0 Å². The van der Waals surface area contributed by atoms with Gasteiger partial charge in [-0.25, -0.2) is 0 Å². The zero-order valence-corrected chi connectivity index (χ0v) is 9.06. The van der Waals surface area contributed by atoms with Gasteiger partial charge >= 0.3 is 0 Å². The van der Waals surface area contributed by atoms with E-state index in [1.165, 1.54) is 0 Å². The first kappa shape index (κ1) is 10.8. The predicted molar refractivity (Wildman–Crippen MR) is 53.1 cm³/mol. The Labute approximate surface area is 89.2 Å². The highest BCUT2D eigenvalue weighted by Gasteiger charge is 2.54. The van der Waals surface area contributed by atoms with Crippen LogP contribution in [0.5, 0.6) is 0 Å². The SMILES string of the molecule is C=CCC1(C=O)CC2OC(C)(C)OC2O1. The molecule has 2 aliphatic heterocycles. The Kier molecular flexibility index (Phi) is 2.45. The van der Waals surface area contributed by atoms with Crippen molar-refractivity contribution in [3.05, 3.63) is 12.7 Å². The first-order chi connectivity index (χ1) is 7.00. The molecule has 2 fully saturated rings. The van der Waals surface area contributed by atoms with E-state index in [1.807, 2.05) is 13.8 Å². The fourth-order valence-corrected chi connectivity index (χ4v) is 2.16. The van der Waals surface area contributed by atoms with Crippen LogP contribution in [-0.2, 0) is 19.0 Å². The average molecular weight is 212 g/mol. The van der Waals surface area contributed by atoms with Crippen molar-refractivity contribution in [2.24, 2.45) is 0 Å². The number of hydrogen-bond donors (Lipinski definition) is 0. The van der Waals surface area contributed by atoms with Crippen molar-refractivity contribution in [1.29, 1.82) is 0 Å². The van der Waals surface area contributed by atoms with Crippen LogP contribution in [0, 0.1) is 0 Å². The lowest BCUT2D eigenvalue weighted by Crippen LogP contribution is -2.34. The van der Waals surface area contributed by atoms with E-state index in [0.717, 1.165) is 6.29 Å². The molecule has 15 heavy (non-hydrogen) atoms. The van der Waals surface area contributed by atoms with E-state index in [1.54, 1.807) is 6.08 Å². The monoisotopic (exact) mass is 212 g/mol. The fraction of sp³-hybridized carbons (Fsp3) is 0.727. The minimum absolute atomic E-state index is 0.148. The Morgan fingerprint density at radius 1 is 1.40 bits per heavy atom. The summed E-state index contributed by atoms with van der Waals surface area (Å²) in [6.45, 7) is 7.30. The molecule has 2 heterocycles. The molecular weight excluding hydrogens is 196 g/mol. The van der Waals surface area contributed by atoms with Crippen LogP contribution in [0.2, 0.25) is 0 Å². The van der Waals surface area contributed by atoms with Gasteiger partial charge in [-0.2, -0.15) is 0 Å². The molecule has 4 nitrogen and oxygen atoms in total. The minimum atomic E-state index is -0.798. The lowest BCUT2D eigenvalue weighted by molar-refractivity contribution is -0.219. The summed E-state index contributed by atoms with van der Waals surface area (Å²) in [4.78, 5) is 11.0. The zero-order valence-electron chi connectivity index (χ0n) is 9.06. The van der Waals surface area contributed by atoms with E-state index in [0.29, 0.717) is 12.8 Å². The topological polar surface area (TPSA) is 44.8 Å². The number of aldehydes is 1. The van der Waals surface area contributed by atoms with Crippen LogP contribution in [0.3, 0.4) is 0 Å². The molecular formula is C11H16O4. The summed E-state index contributed by atoms with van der Waals surface area (Å²) in [6.07, 6.45) is 2.97. The van der Waals surface area contributed by atoms with Crippen molar-refractivity contribution in [3.8, 4) is 0 Å². The molecule has 3 atom stereocenters. The summed E-state index contributed by atoms with van der Waals surface area (Å²) < 4.78 is 16.8. The van der Waals surface area contributed by atoms with E-state index in [9.17, 15) is 4.79 Å². The molecule has 84 valence electrons. The van der Waals surface area contributed by atoms with Gasteiger partial charge in [-0.1, -0.05) is 6.08 Å². The van der Waals surface area contributed by atoms with Crippen molar-refractivity contribution < 1.29 is 19.0 Å². The van der Waals surface area contributed by atoms with Crippen molar-refractivity contribution >= 4 is 6.29 Å². The molecule has 4 heteroatoms. The standard InChI is InChI=1S/C11H16O4/c1-4-5-11(7-12)6-8-9(15-11)14-10(2,3)13-8/h4,7-9H,1,5-6H2,2-3H3. The first-order valence-corrected chi connectivity index (χ1v) is 5.11. The van der Waals surface area contributed by atoms with Gasteiger partial charge < -0.3 is 19.0 Å². The maximum atomic E-state index is 11.0. The van der Waals surface area contributed by atoms with Crippen LogP contribution in [-0.4, -0.2) is 30.1 Å². The smallest absolute Gasteiger partial charge is 0.188 e. The molecule has 0 saturated carbocycles. The molecule has 2 saturated heterocycles. The number of ether oxygens (including phenoxy) is 3. The lowest BCUT2D eigenvalue weighted by Gasteiger charge is -2.25. The van der Waals surface area contributed by atoms with E-state index < -0.39 is 17.7 Å². The van der Waals surface area contributed by atoms with Crippen molar-refractivity contribution in [1.82, 2.24) is 0 Å². The van der Waals surface area contributed by atoms with E-state index >= 15 is 0 Å². The highest BCUT2D eigenvalue weighted by atomic mass is 16.8. The molecule has 2 rings (SSSR count). The minimum Gasteiger partial charge on any atom is -0.342 e. The van der Waals surface area contributed by atoms with Crippen molar-refractivity contribution in [2.75, 3.05) is 0 Å². The molecule has 0 aliphatic carbocycles. The number of fused-ring (bicyclic) bond motifs is 1. The second-order valence-electron chi connectivity index (χ2n) is 4.54. The van der Waals surface area contributed by atoms with Crippen LogP contribution in [0.1, 0.15) is 26.7 Å². The summed E-state index contributed by atoms with van der Waals surface area (Å²) in [7, 11) is 0. The fourth-order valence-electron chi connectivity index (χ4n) is 2.16. The Hall–Kier alpha value is -0.710. The van der Waals surface area contributed by atoms with Crippen molar-refractivity contribution in [2.45, 2.75) is 50.5 Å². The third kappa shape index (κ3) is 1.85. The van der Waals surface area contributed by atoms with E-state index in [-0.39, 0.29) is 6.10 Å². The van der Waals surface area contributed by atoms with Gasteiger partial charge in [-0.15, -0.1) is 6.58 Å². The summed E-state index contributed by atoms with van der Waals surface area (Å²) in [5.41, 5.74) is -0.798. The number of carbonyl (C=O) groups excluding carboxylic acids is 1. The summed E-state index contributed by atoms with van der Waals surface area (Å²) in [6, 6.07) is 0. The summed E-state index contributed by atoms with van der Waals surface area (Å²) >= 11 is 0. The van der Waals surface area contributed by atoms with Crippen LogP contribution in [0.15, 0.2) is 12.7 Å². The lowest BCUT2D eigenvalue weighted by atomic mass is 9.97. The summed E-state index contributed by atoms with van der Waals surface area (Å²) in [5, 5.41) is 0. The second kappa shape index (κ2) is 3.40. The first-order valence-electron chi connectivity index (χ1n) is 5.11. The largest absolute Gasteiger partial charge is 0.342 e. The van der Waals surface area contributed by atoms with Gasteiger partial charge in [0.05, 0.1) is 0 Å². The van der Waals surface area contributed by atoms with Gasteiger partial charge in [-0.3, -0.25) is 0 Å². The average Bonchev–Trinajstić information content (AvgIpc) is 2.56. The normalized spacial score (nSPS) is 42.5.